The lowest BCUT2D eigenvalue weighted by atomic mass is 9.41. The highest BCUT2D eigenvalue weighted by molar-refractivity contribution is 5.91. The highest BCUT2D eigenvalue weighted by atomic mass is 16.6. The molecular formula is C25H36O3. The molecule has 0 amide bonds. The number of hydrogen-bond donors (Lipinski definition) is 1. The topological polar surface area (TPSA) is 46.5 Å². The number of carbonyl (C=O) groups excluding carboxylic acids is 1. The lowest BCUT2D eigenvalue weighted by Gasteiger charge is -2.63. The van der Waals surface area contributed by atoms with Gasteiger partial charge >= 0.3 is 0 Å². The molecule has 0 aromatic carbocycles. The van der Waals surface area contributed by atoms with Gasteiger partial charge in [0.05, 0.1) is 5.60 Å². The molecule has 0 radical (unpaired) electrons. The van der Waals surface area contributed by atoms with Crippen molar-refractivity contribution in [1.29, 1.82) is 0 Å². The van der Waals surface area contributed by atoms with Crippen LogP contribution in [0.5, 0.6) is 0 Å². The van der Waals surface area contributed by atoms with Gasteiger partial charge in [-0.05, 0) is 85.0 Å². The van der Waals surface area contributed by atoms with Crippen LogP contribution in [0.2, 0.25) is 0 Å². The number of ether oxygens (including phenoxy) is 1. The van der Waals surface area contributed by atoms with E-state index in [1.165, 1.54) is 24.8 Å². The lowest BCUT2D eigenvalue weighted by molar-refractivity contribution is -0.214. The van der Waals surface area contributed by atoms with E-state index in [0.29, 0.717) is 29.5 Å². The monoisotopic (exact) mass is 384 g/mol. The predicted molar refractivity (Wildman–Crippen MR) is 107 cm³/mol. The first-order chi connectivity index (χ1) is 13.2. The quantitative estimate of drug-likeness (QED) is 0.656. The largest absolute Gasteiger partial charge is 0.368 e. The Bertz CT molecular complexity index is 772. The average molecular weight is 385 g/mol. The van der Waals surface area contributed by atoms with Crippen molar-refractivity contribution in [3.05, 3.63) is 11.6 Å². The van der Waals surface area contributed by atoms with E-state index < -0.39 is 6.29 Å². The second-order valence-electron chi connectivity index (χ2n) is 11.8. The van der Waals surface area contributed by atoms with Gasteiger partial charge in [0, 0.05) is 18.3 Å². The Labute approximate surface area is 169 Å². The highest BCUT2D eigenvalue weighted by Crippen LogP contribution is 2.80. The zero-order valence-electron chi connectivity index (χ0n) is 17.9. The van der Waals surface area contributed by atoms with E-state index in [9.17, 15) is 9.90 Å². The Morgan fingerprint density at radius 3 is 2.61 bits per heavy atom. The molecule has 5 aliphatic carbocycles. The maximum absolute atomic E-state index is 12.2. The Hall–Kier alpha value is -0.670. The van der Waals surface area contributed by atoms with Crippen LogP contribution in [0.3, 0.4) is 0 Å². The molecule has 28 heavy (non-hydrogen) atoms. The van der Waals surface area contributed by atoms with Crippen LogP contribution in [-0.4, -0.2) is 22.8 Å². The Balaban J connectivity index is 1.44. The zero-order chi connectivity index (χ0) is 19.6. The maximum atomic E-state index is 12.2. The minimum absolute atomic E-state index is 0.0603. The number of rotatable bonds is 0. The van der Waals surface area contributed by atoms with Gasteiger partial charge in [-0.1, -0.05) is 33.3 Å². The van der Waals surface area contributed by atoms with Gasteiger partial charge < -0.3 is 9.84 Å². The molecular weight excluding hydrogens is 348 g/mol. The first-order valence-corrected chi connectivity index (χ1v) is 11.8. The van der Waals surface area contributed by atoms with Crippen molar-refractivity contribution in [2.45, 2.75) is 84.5 Å². The number of ketones is 1. The normalized spacial score (nSPS) is 62.0. The fraction of sp³-hybridized carbons (Fsp3) is 0.880. The lowest BCUT2D eigenvalue weighted by Crippen LogP contribution is -2.59. The smallest absolute Gasteiger partial charge is 0.155 e. The molecule has 11 atom stereocenters. The summed E-state index contributed by atoms with van der Waals surface area (Å²) in [7, 11) is 0. The Morgan fingerprint density at radius 2 is 1.89 bits per heavy atom. The van der Waals surface area contributed by atoms with E-state index in [0.717, 1.165) is 43.4 Å². The summed E-state index contributed by atoms with van der Waals surface area (Å²) in [5.74, 6) is 5.13. The fourth-order valence-electron chi connectivity index (χ4n) is 9.75. The van der Waals surface area contributed by atoms with Gasteiger partial charge in [-0.2, -0.15) is 0 Å². The first kappa shape index (κ1) is 18.1. The van der Waals surface area contributed by atoms with Gasteiger partial charge in [0.15, 0.2) is 12.1 Å². The third-order valence-electron chi connectivity index (χ3n) is 11.1. The second-order valence-corrected chi connectivity index (χ2v) is 11.8. The average Bonchev–Trinajstić information content (AvgIpc) is 3.30. The SMILES string of the molecule is CC1C2=CC(=O)CC[C@]2(C)C2CC[C@@]3(C)C(C4CC4[C@@]34CCC(O)O4)C2C1C. The van der Waals surface area contributed by atoms with Crippen molar-refractivity contribution in [3.63, 3.8) is 0 Å². The molecule has 8 unspecified atom stereocenters. The number of fused-ring (bicyclic) bond motifs is 9. The van der Waals surface area contributed by atoms with Crippen LogP contribution in [0.1, 0.15) is 72.6 Å². The van der Waals surface area contributed by atoms with E-state index in [1.807, 2.05) is 6.08 Å². The molecule has 1 aliphatic heterocycles. The predicted octanol–water partition coefficient (Wildman–Crippen LogP) is 4.73. The van der Waals surface area contributed by atoms with Crippen molar-refractivity contribution in [2.75, 3.05) is 0 Å². The molecule has 3 nitrogen and oxygen atoms in total. The molecule has 0 aromatic rings. The van der Waals surface area contributed by atoms with Crippen LogP contribution >= 0.6 is 0 Å². The van der Waals surface area contributed by atoms with Crippen LogP contribution in [0, 0.1) is 52.3 Å². The van der Waals surface area contributed by atoms with Crippen molar-refractivity contribution < 1.29 is 14.6 Å². The van der Waals surface area contributed by atoms with E-state index in [1.54, 1.807) is 0 Å². The summed E-state index contributed by atoms with van der Waals surface area (Å²) in [5.41, 5.74) is 1.83. The van der Waals surface area contributed by atoms with Gasteiger partial charge in [-0.3, -0.25) is 4.79 Å². The summed E-state index contributed by atoms with van der Waals surface area (Å²) >= 11 is 0. The number of carbonyl (C=O) groups is 1. The highest BCUT2D eigenvalue weighted by Gasteiger charge is 2.78. The van der Waals surface area contributed by atoms with Gasteiger partial charge in [-0.25, -0.2) is 0 Å². The number of hydrogen-bond acceptors (Lipinski definition) is 3. The summed E-state index contributed by atoms with van der Waals surface area (Å²) in [6.45, 7) is 9.87. The number of allylic oxidation sites excluding steroid dienone is 1. The third kappa shape index (κ3) is 1.88. The molecule has 6 rings (SSSR count). The second kappa shape index (κ2) is 5.32. The standard InChI is InChI=1S/C25H36O3/c1-13-14(2)21-17(23(3)8-5-15(26)11-18(13)23)6-9-24(4)22(21)16-12-19(16)25(24)10-7-20(27)28-25/h11,13-14,16-17,19-22,27H,5-10,12H2,1-4H3/t13?,14?,16?,17?,19?,20?,21?,22?,23-,24+,25+/m1/s1. The molecule has 1 spiro atoms. The number of aliphatic hydroxyl groups excluding tert-OH is 1. The van der Waals surface area contributed by atoms with Crippen molar-refractivity contribution in [3.8, 4) is 0 Å². The molecule has 3 heteroatoms. The van der Waals surface area contributed by atoms with E-state index in [-0.39, 0.29) is 16.4 Å². The minimum atomic E-state index is -0.548. The van der Waals surface area contributed by atoms with Crippen LogP contribution in [0.15, 0.2) is 11.6 Å². The molecule has 4 saturated carbocycles. The third-order valence-corrected chi connectivity index (χ3v) is 11.1. The fourth-order valence-corrected chi connectivity index (χ4v) is 9.75. The molecule has 0 aromatic heterocycles. The molecule has 154 valence electrons. The molecule has 0 bridgehead atoms. The van der Waals surface area contributed by atoms with E-state index >= 15 is 0 Å². The van der Waals surface area contributed by atoms with Gasteiger partial charge in [0.2, 0.25) is 0 Å². The molecule has 6 aliphatic rings. The zero-order valence-corrected chi connectivity index (χ0v) is 17.9. The summed E-state index contributed by atoms with van der Waals surface area (Å²) in [4.78, 5) is 12.2. The van der Waals surface area contributed by atoms with Gasteiger partial charge in [0.1, 0.15) is 0 Å². The first-order valence-electron chi connectivity index (χ1n) is 11.8. The van der Waals surface area contributed by atoms with Crippen LogP contribution in [0.25, 0.3) is 0 Å². The molecule has 1 heterocycles. The van der Waals surface area contributed by atoms with Crippen molar-refractivity contribution in [1.82, 2.24) is 0 Å². The molecule has 5 fully saturated rings. The van der Waals surface area contributed by atoms with E-state index in [2.05, 4.69) is 27.7 Å². The van der Waals surface area contributed by atoms with Gasteiger partial charge in [-0.15, -0.1) is 0 Å². The Kier molecular flexibility index (Phi) is 3.45. The number of aliphatic hydroxyl groups is 1. The Morgan fingerprint density at radius 1 is 1.11 bits per heavy atom. The van der Waals surface area contributed by atoms with Gasteiger partial charge in [0.25, 0.3) is 0 Å². The molecule has 1 N–H and O–H groups in total. The van der Waals surface area contributed by atoms with Crippen LogP contribution in [-0.2, 0) is 9.53 Å². The summed E-state index contributed by atoms with van der Waals surface area (Å²) < 4.78 is 6.42. The summed E-state index contributed by atoms with van der Waals surface area (Å²) in [6.07, 6.45) is 8.96. The van der Waals surface area contributed by atoms with Crippen molar-refractivity contribution >= 4 is 5.78 Å². The summed E-state index contributed by atoms with van der Waals surface area (Å²) in [6, 6.07) is 0. The molecule has 1 saturated heterocycles. The van der Waals surface area contributed by atoms with Crippen molar-refractivity contribution in [2.24, 2.45) is 52.3 Å². The van der Waals surface area contributed by atoms with Crippen LogP contribution in [0.4, 0.5) is 0 Å². The maximum Gasteiger partial charge on any atom is 0.155 e. The van der Waals surface area contributed by atoms with Crippen LogP contribution < -0.4 is 0 Å². The minimum Gasteiger partial charge on any atom is -0.368 e. The summed E-state index contributed by atoms with van der Waals surface area (Å²) in [5, 5.41) is 10.3. The van der Waals surface area contributed by atoms with E-state index in [4.69, 9.17) is 4.74 Å².